The van der Waals surface area contributed by atoms with E-state index in [0.29, 0.717) is 11.3 Å². The summed E-state index contributed by atoms with van der Waals surface area (Å²) in [5.74, 6) is -2.65. The molecule has 25 heavy (non-hydrogen) atoms. The predicted molar refractivity (Wildman–Crippen MR) is 86.8 cm³/mol. The Hall–Kier alpha value is -2.72. The lowest BCUT2D eigenvalue weighted by molar-refractivity contribution is -0.135. The van der Waals surface area contributed by atoms with Crippen molar-refractivity contribution in [2.24, 2.45) is 0 Å². The molecule has 0 bridgehead atoms. The normalized spacial score (nSPS) is 12.8. The summed E-state index contributed by atoms with van der Waals surface area (Å²) in [6.07, 6.45) is 0. The van der Waals surface area contributed by atoms with Crippen LogP contribution in [0.1, 0.15) is 32.2 Å². The molecule has 2 aromatic rings. The lowest BCUT2D eigenvalue weighted by atomic mass is 10.1. The number of thiazole rings is 1. The minimum Gasteiger partial charge on any atom is -0.506 e. The quantitative estimate of drug-likeness (QED) is 0.690. The molecule has 3 heterocycles. The fraction of sp³-hybridized carbons (Fsp3) is 0.333. The summed E-state index contributed by atoms with van der Waals surface area (Å²) in [4.78, 5) is 40.6. The Morgan fingerprint density at radius 1 is 1.44 bits per heavy atom. The summed E-state index contributed by atoms with van der Waals surface area (Å²) in [5, 5.41) is 21.1. The molecule has 0 aromatic carbocycles. The zero-order chi connectivity index (χ0) is 18.1. The van der Waals surface area contributed by atoms with Crippen LogP contribution in [0, 0.1) is 6.92 Å². The summed E-state index contributed by atoms with van der Waals surface area (Å²) in [6, 6.07) is 0. The average molecular weight is 365 g/mol. The first-order valence-corrected chi connectivity index (χ1v) is 8.22. The van der Waals surface area contributed by atoms with Gasteiger partial charge in [0, 0.05) is 10.4 Å². The molecule has 2 aromatic heterocycles. The van der Waals surface area contributed by atoms with Crippen LogP contribution in [0.4, 0.5) is 0 Å². The molecule has 1 aliphatic heterocycles. The number of nitrogens with zero attached hydrogens (tertiary/aromatic N) is 2. The number of carbonyl (C=O) groups is 2. The zero-order valence-electron chi connectivity index (χ0n) is 13.2. The fourth-order valence-corrected chi connectivity index (χ4v) is 3.38. The van der Waals surface area contributed by atoms with Crippen LogP contribution >= 0.6 is 11.3 Å². The Kier molecular flexibility index (Phi) is 4.55. The van der Waals surface area contributed by atoms with E-state index in [2.05, 4.69) is 10.3 Å². The zero-order valence-corrected chi connectivity index (χ0v) is 14.1. The molecular formula is C15H15N3O6S. The fourth-order valence-electron chi connectivity index (χ4n) is 2.61. The number of aliphatic carboxylic acids is 1. The molecule has 0 spiro atoms. The van der Waals surface area contributed by atoms with Crippen molar-refractivity contribution in [2.45, 2.75) is 26.7 Å². The molecule has 9 nitrogen and oxygen atoms in total. The second-order valence-electron chi connectivity index (χ2n) is 5.47. The molecule has 10 heteroatoms. The molecule has 1 amide bonds. The van der Waals surface area contributed by atoms with Crippen molar-refractivity contribution in [3.05, 3.63) is 43.3 Å². The van der Waals surface area contributed by atoms with E-state index >= 15 is 0 Å². The number of ether oxygens (including phenoxy) is 1. The Morgan fingerprint density at radius 3 is 2.84 bits per heavy atom. The number of aromatic hydroxyl groups is 1. The van der Waals surface area contributed by atoms with Crippen molar-refractivity contribution in [1.82, 2.24) is 14.9 Å². The SMILES string of the molecule is Cc1ncsc1Cn1c2c(c(O)c(C(=O)NCC(=O)O)c1=O)COC2. The molecule has 0 aliphatic carbocycles. The van der Waals surface area contributed by atoms with E-state index in [1.165, 1.54) is 15.9 Å². The number of carboxylic acid groups (broad SMARTS) is 1. The lowest BCUT2D eigenvalue weighted by Crippen LogP contribution is -2.37. The van der Waals surface area contributed by atoms with Gasteiger partial charge in [0.15, 0.2) is 0 Å². The number of aryl methyl sites for hydroxylation is 1. The van der Waals surface area contributed by atoms with Crippen molar-refractivity contribution < 1.29 is 24.5 Å². The van der Waals surface area contributed by atoms with Crippen LogP contribution in [-0.4, -0.2) is 38.2 Å². The summed E-state index contributed by atoms with van der Waals surface area (Å²) in [6.45, 7) is 1.57. The number of aromatic nitrogens is 2. The van der Waals surface area contributed by atoms with E-state index in [4.69, 9.17) is 9.84 Å². The smallest absolute Gasteiger partial charge is 0.322 e. The molecule has 0 atom stereocenters. The topological polar surface area (TPSA) is 131 Å². The summed E-state index contributed by atoms with van der Waals surface area (Å²) < 4.78 is 6.69. The third-order valence-electron chi connectivity index (χ3n) is 3.91. The summed E-state index contributed by atoms with van der Waals surface area (Å²) >= 11 is 1.38. The van der Waals surface area contributed by atoms with Gasteiger partial charge in [-0.15, -0.1) is 11.3 Å². The third-order valence-corrected chi connectivity index (χ3v) is 4.83. The minimum absolute atomic E-state index is 0.0718. The highest BCUT2D eigenvalue weighted by Gasteiger charge is 2.29. The monoisotopic (exact) mass is 365 g/mol. The van der Waals surface area contributed by atoms with E-state index in [9.17, 15) is 19.5 Å². The number of carbonyl (C=O) groups excluding carboxylic acids is 1. The predicted octanol–water partition coefficient (Wildman–Crippen LogP) is 0.212. The number of nitrogens with one attached hydrogen (secondary N) is 1. The maximum atomic E-state index is 12.8. The van der Waals surface area contributed by atoms with Crippen LogP contribution in [0.2, 0.25) is 0 Å². The first-order chi connectivity index (χ1) is 11.9. The van der Waals surface area contributed by atoms with Gasteiger partial charge in [-0.05, 0) is 6.92 Å². The van der Waals surface area contributed by atoms with Gasteiger partial charge in [-0.2, -0.15) is 0 Å². The maximum Gasteiger partial charge on any atom is 0.322 e. The van der Waals surface area contributed by atoms with Gasteiger partial charge in [-0.25, -0.2) is 4.98 Å². The number of rotatable bonds is 5. The molecule has 0 unspecified atom stereocenters. The van der Waals surface area contributed by atoms with E-state index < -0.39 is 35.3 Å². The third kappa shape index (κ3) is 3.13. The van der Waals surface area contributed by atoms with Crippen LogP contribution in [-0.2, 0) is 29.3 Å². The molecule has 0 radical (unpaired) electrons. The van der Waals surface area contributed by atoms with E-state index in [0.717, 1.165) is 10.6 Å². The molecule has 0 saturated heterocycles. The lowest BCUT2D eigenvalue weighted by Gasteiger charge is -2.15. The number of hydrogen-bond donors (Lipinski definition) is 3. The molecule has 132 valence electrons. The number of pyridine rings is 1. The van der Waals surface area contributed by atoms with Crippen molar-refractivity contribution in [1.29, 1.82) is 0 Å². The summed E-state index contributed by atoms with van der Waals surface area (Å²) in [7, 11) is 0. The number of carboxylic acids is 1. The summed E-state index contributed by atoms with van der Waals surface area (Å²) in [5.41, 5.74) is 2.12. The number of fused-ring (bicyclic) bond motifs is 1. The van der Waals surface area contributed by atoms with Crippen molar-refractivity contribution in [3.8, 4) is 5.75 Å². The van der Waals surface area contributed by atoms with Gasteiger partial charge in [0.2, 0.25) is 0 Å². The van der Waals surface area contributed by atoms with Gasteiger partial charge in [-0.1, -0.05) is 0 Å². The first-order valence-electron chi connectivity index (χ1n) is 7.34. The van der Waals surface area contributed by atoms with Crippen LogP contribution < -0.4 is 10.9 Å². The van der Waals surface area contributed by atoms with Crippen molar-refractivity contribution >= 4 is 23.2 Å². The van der Waals surface area contributed by atoms with Crippen LogP contribution in [0.5, 0.6) is 5.75 Å². The van der Waals surface area contributed by atoms with Crippen LogP contribution in [0.15, 0.2) is 10.3 Å². The van der Waals surface area contributed by atoms with E-state index in [1.807, 2.05) is 6.92 Å². The van der Waals surface area contributed by atoms with Crippen LogP contribution in [0.3, 0.4) is 0 Å². The average Bonchev–Trinajstić information content (AvgIpc) is 3.19. The maximum absolute atomic E-state index is 12.8. The Bertz CT molecular complexity index is 917. The highest BCUT2D eigenvalue weighted by molar-refractivity contribution is 7.09. The molecule has 0 saturated carbocycles. The van der Waals surface area contributed by atoms with E-state index in [-0.39, 0.29) is 19.8 Å². The van der Waals surface area contributed by atoms with Crippen LogP contribution in [0.25, 0.3) is 0 Å². The Morgan fingerprint density at radius 2 is 2.20 bits per heavy atom. The standard InChI is InChI=1S/C15H15N3O6S/c1-7-10(25-6-17-7)3-18-9-5-24-4-8(9)13(21)12(15(18)23)14(22)16-2-11(19)20/h6,21H,2-5H2,1H3,(H,16,22)(H,19,20). The van der Waals surface area contributed by atoms with Gasteiger partial charge in [0.05, 0.1) is 36.7 Å². The number of hydrogen-bond acceptors (Lipinski definition) is 7. The second-order valence-corrected chi connectivity index (χ2v) is 6.41. The van der Waals surface area contributed by atoms with Crippen molar-refractivity contribution in [3.63, 3.8) is 0 Å². The first kappa shape index (κ1) is 17.1. The molecule has 1 aliphatic rings. The van der Waals surface area contributed by atoms with Gasteiger partial charge < -0.3 is 24.8 Å². The second kappa shape index (κ2) is 6.65. The minimum atomic E-state index is -1.25. The Labute approximate surface area is 145 Å². The molecule has 3 rings (SSSR count). The van der Waals surface area contributed by atoms with Crippen molar-refractivity contribution in [2.75, 3.05) is 6.54 Å². The van der Waals surface area contributed by atoms with Gasteiger partial charge >= 0.3 is 5.97 Å². The molecule has 0 fully saturated rings. The van der Waals surface area contributed by atoms with Gasteiger partial charge in [0.25, 0.3) is 11.5 Å². The number of amides is 1. The molecular weight excluding hydrogens is 350 g/mol. The Balaban J connectivity index is 2.09. The van der Waals surface area contributed by atoms with E-state index in [1.54, 1.807) is 5.51 Å². The van der Waals surface area contributed by atoms with Gasteiger partial charge in [-0.3, -0.25) is 14.4 Å². The van der Waals surface area contributed by atoms with Gasteiger partial charge in [0.1, 0.15) is 17.9 Å². The highest BCUT2D eigenvalue weighted by Crippen LogP contribution is 2.30. The molecule has 3 N–H and O–H groups in total. The highest BCUT2D eigenvalue weighted by atomic mass is 32.1. The largest absolute Gasteiger partial charge is 0.506 e.